The van der Waals surface area contributed by atoms with Gasteiger partial charge in [-0.25, -0.2) is 4.79 Å². The number of hydrogen-bond acceptors (Lipinski definition) is 9. The number of anilines is 1. The van der Waals surface area contributed by atoms with Gasteiger partial charge in [-0.2, -0.15) is 0 Å². The van der Waals surface area contributed by atoms with E-state index in [4.69, 9.17) is 18.9 Å². The Labute approximate surface area is 258 Å². The summed E-state index contributed by atoms with van der Waals surface area (Å²) in [6, 6.07) is 12.8. The number of alkyl carbamates (subject to hydrolysis) is 1. The van der Waals surface area contributed by atoms with E-state index in [0.717, 1.165) is 0 Å². The molecule has 2 aromatic rings. The number of carbonyl (C=O) groups is 5. The number of amides is 3. The molecule has 0 aliphatic heterocycles. The first-order chi connectivity index (χ1) is 20.5. The van der Waals surface area contributed by atoms with Crippen molar-refractivity contribution in [3.63, 3.8) is 0 Å². The minimum Gasteiger partial charge on any atom is -0.497 e. The first-order valence-corrected chi connectivity index (χ1v) is 14.2. The van der Waals surface area contributed by atoms with Gasteiger partial charge >= 0.3 is 18.0 Å². The third-order valence-corrected chi connectivity index (χ3v) is 5.64. The summed E-state index contributed by atoms with van der Waals surface area (Å²) >= 11 is 0. The lowest BCUT2D eigenvalue weighted by Gasteiger charge is -2.25. The molecule has 44 heavy (non-hydrogen) atoms. The van der Waals surface area contributed by atoms with Crippen molar-refractivity contribution >= 4 is 35.5 Å². The summed E-state index contributed by atoms with van der Waals surface area (Å²) in [4.78, 5) is 64.6. The Morgan fingerprint density at radius 3 is 2.00 bits per heavy atom. The second kappa shape index (κ2) is 16.3. The second-order valence-corrected chi connectivity index (χ2v) is 12.0. The largest absolute Gasteiger partial charge is 0.497 e. The van der Waals surface area contributed by atoms with Crippen LogP contribution in [-0.2, 0) is 40.0 Å². The van der Waals surface area contributed by atoms with Gasteiger partial charge in [0.15, 0.2) is 0 Å². The Morgan fingerprint density at radius 2 is 1.39 bits per heavy atom. The van der Waals surface area contributed by atoms with Crippen molar-refractivity contribution in [1.82, 2.24) is 10.6 Å². The maximum Gasteiger partial charge on any atom is 0.408 e. The number of methoxy groups -OCH3 is 1. The summed E-state index contributed by atoms with van der Waals surface area (Å²) in [5.74, 6) is -2.33. The molecule has 0 radical (unpaired) electrons. The van der Waals surface area contributed by atoms with Crippen LogP contribution < -0.4 is 20.7 Å². The first-order valence-electron chi connectivity index (χ1n) is 14.2. The third kappa shape index (κ3) is 14.0. The fourth-order valence-corrected chi connectivity index (χ4v) is 3.79. The molecule has 0 aliphatic rings. The Kier molecular flexibility index (Phi) is 13.2. The molecule has 0 heterocycles. The molecule has 0 bridgehead atoms. The molecule has 3 amide bonds. The van der Waals surface area contributed by atoms with E-state index in [2.05, 4.69) is 16.0 Å². The molecule has 0 saturated carbocycles. The zero-order valence-corrected chi connectivity index (χ0v) is 26.4. The van der Waals surface area contributed by atoms with Crippen LogP contribution in [0.2, 0.25) is 0 Å². The van der Waals surface area contributed by atoms with Crippen molar-refractivity contribution in [3.8, 4) is 5.75 Å². The molecule has 2 aromatic carbocycles. The van der Waals surface area contributed by atoms with Crippen molar-refractivity contribution in [2.45, 2.75) is 90.7 Å². The summed E-state index contributed by atoms with van der Waals surface area (Å²) in [6.45, 7) is 10.1. The average molecular weight is 614 g/mol. The summed E-state index contributed by atoms with van der Waals surface area (Å²) in [5, 5.41) is 7.65. The van der Waals surface area contributed by atoms with E-state index in [9.17, 15) is 24.0 Å². The summed E-state index contributed by atoms with van der Waals surface area (Å²) < 4.78 is 21.1. The van der Waals surface area contributed by atoms with Crippen LogP contribution in [0.4, 0.5) is 10.5 Å². The summed E-state index contributed by atoms with van der Waals surface area (Å²) in [7, 11) is 1.48. The number of rotatable bonds is 13. The fourth-order valence-electron chi connectivity index (χ4n) is 3.79. The van der Waals surface area contributed by atoms with Gasteiger partial charge in [-0.15, -0.1) is 0 Å². The Morgan fingerprint density at radius 1 is 0.750 bits per heavy atom. The van der Waals surface area contributed by atoms with Gasteiger partial charge in [0.05, 0.1) is 13.5 Å². The highest BCUT2D eigenvalue weighted by Crippen LogP contribution is 2.18. The van der Waals surface area contributed by atoms with E-state index in [0.29, 0.717) is 17.0 Å². The van der Waals surface area contributed by atoms with Gasteiger partial charge in [0.1, 0.15) is 35.6 Å². The van der Waals surface area contributed by atoms with Crippen molar-refractivity contribution < 1.29 is 42.9 Å². The smallest absolute Gasteiger partial charge is 0.408 e. The van der Waals surface area contributed by atoms with Crippen LogP contribution in [0.25, 0.3) is 0 Å². The first kappa shape index (κ1) is 35.6. The molecular formula is C32H43N3O9. The molecule has 0 aromatic heterocycles. The minimum atomic E-state index is -1.46. The van der Waals surface area contributed by atoms with Crippen LogP contribution in [-0.4, -0.2) is 60.2 Å². The predicted octanol–water partition coefficient (Wildman–Crippen LogP) is 4.27. The van der Waals surface area contributed by atoms with Crippen LogP contribution in [0.1, 0.15) is 66.4 Å². The lowest BCUT2D eigenvalue weighted by atomic mass is 10.1. The van der Waals surface area contributed by atoms with Crippen LogP contribution in [0.15, 0.2) is 54.6 Å². The van der Waals surface area contributed by atoms with Crippen LogP contribution in [0.3, 0.4) is 0 Å². The molecule has 0 aliphatic carbocycles. The van der Waals surface area contributed by atoms with Gasteiger partial charge in [0, 0.05) is 18.2 Å². The Hall–Kier alpha value is -4.61. The SMILES string of the molecule is COc1cccc(NC(=O)[C@H](CCC(=O)OC(C)(C)C)NC(=O)[C@H](CC(=O)OC(C)(C)C)NC(=O)OCc2ccccc2)c1. The highest BCUT2D eigenvalue weighted by molar-refractivity contribution is 5.99. The van der Waals surface area contributed by atoms with Gasteiger partial charge in [0.2, 0.25) is 11.8 Å². The molecule has 0 spiro atoms. The average Bonchev–Trinajstić information content (AvgIpc) is 2.92. The monoisotopic (exact) mass is 613 g/mol. The van der Waals surface area contributed by atoms with Crippen molar-refractivity contribution in [2.75, 3.05) is 12.4 Å². The van der Waals surface area contributed by atoms with Crippen molar-refractivity contribution in [1.29, 1.82) is 0 Å². The topological polar surface area (TPSA) is 158 Å². The zero-order valence-electron chi connectivity index (χ0n) is 26.4. The lowest BCUT2D eigenvalue weighted by Crippen LogP contribution is -2.53. The number of hydrogen-bond donors (Lipinski definition) is 3. The van der Waals surface area contributed by atoms with E-state index in [-0.39, 0.29) is 19.4 Å². The van der Waals surface area contributed by atoms with Gasteiger partial charge in [-0.1, -0.05) is 36.4 Å². The quantitative estimate of drug-likeness (QED) is 0.222. The standard InChI is InChI=1S/C32H43N3O9/c1-31(2,3)43-26(36)17-16-24(28(38)33-22-14-11-15-23(18-22)41-7)34-29(39)25(19-27(37)44-32(4,5)6)35-30(40)42-20-21-12-9-8-10-13-21/h8-15,18,24-25H,16-17,19-20H2,1-7H3,(H,33,38)(H,34,39)(H,35,40)/t24-,25-/m0/s1. The number of ether oxygens (including phenoxy) is 4. The normalized spacial score (nSPS) is 12.6. The van der Waals surface area contributed by atoms with Crippen molar-refractivity contribution in [3.05, 3.63) is 60.2 Å². The van der Waals surface area contributed by atoms with E-state index < -0.39 is 59.6 Å². The lowest BCUT2D eigenvalue weighted by molar-refractivity contribution is -0.156. The molecule has 0 fully saturated rings. The number of nitrogens with one attached hydrogen (secondary N) is 3. The van der Waals surface area contributed by atoms with Crippen molar-refractivity contribution in [2.24, 2.45) is 0 Å². The Bertz CT molecular complexity index is 1280. The Balaban J connectivity index is 2.24. The van der Waals surface area contributed by atoms with E-state index >= 15 is 0 Å². The highest BCUT2D eigenvalue weighted by atomic mass is 16.6. The molecule has 0 saturated heterocycles. The van der Waals surface area contributed by atoms with Crippen LogP contribution >= 0.6 is 0 Å². The molecule has 240 valence electrons. The number of carbonyl (C=O) groups excluding carboxylic acids is 5. The predicted molar refractivity (Wildman–Crippen MR) is 163 cm³/mol. The van der Waals surface area contributed by atoms with Crippen LogP contribution in [0, 0.1) is 0 Å². The minimum absolute atomic E-state index is 0.0745. The highest BCUT2D eigenvalue weighted by Gasteiger charge is 2.31. The molecule has 2 rings (SSSR count). The van der Waals surface area contributed by atoms with E-state index in [1.165, 1.54) is 7.11 Å². The van der Waals surface area contributed by atoms with Gasteiger partial charge in [0.25, 0.3) is 0 Å². The zero-order chi connectivity index (χ0) is 32.9. The number of esters is 2. The maximum atomic E-state index is 13.5. The molecular weight excluding hydrogens is 570 g/mol. The maximum absolute atomic E-state index is 13.5. The van der Waals surface area contributed by atoms with E-state index in [1.807, 2.05) is 6.07 Å². The summed E-state index contributed by atoms with van der Waals surface area (Å²) in [6.07, 6.45) is -1.83. The summed E-state index contributed by atoms with van der Waals surface area (Å²) in [5.41, 5.74) is -0.495. The van der Waals surface area contributed by atoms with Gasteiger partial charge in [-0.05, 0) is 65.7 Å². The molecule has 12 heteroatoms. The van der Waals surface area contributed by atoms with Gasteiger partial charge in [-0.3, -0.25) is 19.2 Å². The molecule has 2 atom stereocenters. The molecule has 0 unspecified atom stereocenters. The van der Waals surface area contributed by atoms with E-state index in [1.54, 1.807) is 90.1 Å². The third-order valence-electron chi connectivity index (χ3n) is 5.64. The number of benzene rings is 2. The molecule has 12 nitrogen and oxygen atoms in total. The second-order valence-electron chi connectivity index (χ2n) is 12.0. The van der Waals surface area contributed by atoms with Crippen LogP contribution in [0.5, 0.6) is 5.75 Å². The van der Waals surface area contributed by atoms with Gasteiger partial charge < -0.3 is 34.9 Å². The fraction of sp³-hybridized carbons (Fsp3) is 0.469. The molecule has 3 N–H and O–H groups in total.